The maximum atomic E-state index is 11.6. The van der Waals surface area contributed by atoms with Gasteiger partial charge >= 0.3 is 0 Å². The lowest BCUT2D eigenvalue weighted by atomic mass is 10.0. The van der Waals surface area contributed by atoms with Gasteiger partial charge in [0.1, 0.15) is 0 Å². The first-order chi connectivity index (χ1) is 12.9. The Kier molecular flexibility index (Phi) is 10.8. The molecule has 152 valence electrons. The summed E-state index contributed by atoms with van der Waals surface area (Å²) in [4.78, 5) is 18.2. The number of benzene rings is 1. The van der Waals surface area contributed by atoms with E-state index in [9.17, 15) is 4.79 Å². The molecule has 0 aliphatic heterocycles. The van der Waals surface area contributed by atoms with Crippen LogP contribution in [0.3, 0.4) is 0 Å². The molecule has 0 bridgehead atoms. The molecule has 1 atom stereocenters. The van der Waals surface area contributed by atoms with Gasteiger partial charge in [-0.05, 0) is 24.7 Å². The van der Waals surface area contributed by atoms with Crippen LogP contribution in [0.1, 0.15) is 39.3 Å². The lowest BCUT2D eigenvalue weighted by molar-refractivity contribution is -0.123. The summed E-state index contributed by atoms with van der Waals surface area (Å²) >= 11 is 6.44. The zero-order valence-electron chi connectivity index (χ0n) is 17.2. The number of nitrogens with one attached hydrogen (secondary N) is 3. The van der Waals surface area contributed by atoms with Gasteiger partial charge in [0.25, 0.3) is 0 Å². The maximum absolute atomic E-state index is 11.6. The summed E-state index contributed by atoms with van der Waals surface area (Å²) in [6.45, 7) is 11.8. The van der Waals surface area contributed by atoms with E-state index >= 15 is 0 Å². The first-order valence-corrected chi connectivity index (χ1v) is 10.0. The van der Waals surface area contributed by atoms with E-state index in [2.05, 4.69) is 45.8 Å². The third kappa shape index (κ3) is 7.77. The summed E-state index contributed by atoms with van der Waals surface area (Å²) < 4.78 is 0. The van der Waals surface area contributed by atoms with Gasteiger partial charge in [0.05, 0.1) is 6.04 Å². The Balaban J connectivity index is 2.65. The summed E-state index contributed by atoms with van der Waals surface area (Å²) in [6, 6.07) is 8.11. The van der Waals surface area contributed by atoms with E-state index in [1.54, 1.807) is 7.05 Å². The fourth-order valence-electron chi connectivity index (χ4n) is 2.83. The monoisotopic (exact) mass is 395 g/mol. The zero-order chi connectivity index (χ0) is 20.2. The predicted octanol–water partition coefficient (Wildman–Crippen LogP) is 2.66. The Morgan fingerprint density at radius 1 is 1.11 bits per heavy atom. The maximum Gasteiger partial charge on any atom is 0.222 e. The summed E-state index contributed by atoms with van der Waals surface area (Å²) in [6.07, 6.45) is 0. The Hall–Kier alpha value is -1.79. The number of aliphatic imine (C=N–C) groups is 1. The topological polar surface area (TPSA) is 68.8 Å². The quantitative estimate of drug-likeness (QED) is 0.323. The lowest BCUT2D eigenvalue weighted by Gasteiger charge is -2.31. The van der Waals surface area contributed by atoms with Crippen LogP contribution in [0.4, 0.5) is 0 Å². The van der Waals surface area contributed by atoms with Crippen LogP contribution in [0.15, 0.2) is 29.3 Å². The molecule has 0 saturated carbocycles. The second kappa shape index (κ2) is 12.6. The highest BCUT2D eigenvalue weighted by Crippen LogP contribution is 2.26. The van der Waals surface area contributed by atoms with E-state index < -0.39 is 0 Å². The van der Waals surface area contributed by atoms with Crippen molar-refractivity contribution in [3.8, 4) is 0 Å². The summed E-state index contributed by atoms with van der Waals surface area (Å²) in [5, 5.41) is 10.3. The minimum Gasteiger partial charge on any atom is -0.355 e. The van der Waals surface area contributed by atoms with Crippen molar-refractivity contribution >= 4 is 23.5 Å². The molecule has 0 aliphatic rings. The van der Waals surface area contributed by atoms with Gasteiger partial charge < -0.3 is 16.0 Å². The third-order valence-corrected chi connectivity index (χ3v) is 4.79. The van der Waals surface area contributed by atoms with E-state index in [1.165, 1.54) is 0 Å². The molecule has 0 saturated heterocycles. The van der Waals surface area contributed by atoms with E-state index in [-0.39, 0.29) is 17.9 Å². The van der Waals surface area contributed by atoms with Crippen molar-refractivity contribution < 1.29 is 4.79 Å². The van der Waals surface area contributed by atoms with Gasteiger partial charge in [-0.3, -0.25) is 14.7 Å². The number of carbonyl (C=O) groups is 1. The number of carbonyl (C=O) groups excluding carboxylic acids is 1. The Morgan fingerprint density at radius 2 is 1.74 bits per heavy atom. The molecule has 1 unspecified atom stereocenters. The van der Waals surface area contributed by atoms with Gasteiger partial charge in [0.15, 0.2) is 5.96 Å². The highest BCUT2D eigenvalue weighted by Gasteiger charge is 2.20. The number of likely N-dealkylation sites (N-methyl/N-ethyl adjacent to an activating group) is 1. The molecule has 0 aliphatic carbocycles. The number of rotatable bonds is 10. The van der Waals surface area contributed by atoms with Crippen molar-refractivity contribution in [3.05, 3.63) is 34.9 Å². The predicted molar refractivity (Wildman–Crippen MR) is 114 cm³/mol. The minimum absolute atomic E-state index is 0.00659. The van der Waals surface area contributed by atoms with Crippen LogP contribution < -0.4 is 16.0 Å². The van der Waals surface area contributed by atoms with Gasteiger partial charge in [-0.15, -0.1) is 0 Å². The average molecular weight is 396 g/mol. The molecule has 0 spiro atoms. The molecule has 0 aromatic heterocycles. The Morgan fingerprint density at radius 3 is 2.30 bits per heavy atom. The molecule has 3 N–H and O–H groups in total. The fourth-order valence-corrected chi connectivity index (χ4v) is 3.09. The largest absolute Gasteiger partial charge is 0.355 e. The summed E-state index contributed by atoms with van der Waals surface area (Å²) in [5.41, 5.74) is 1.11. The Labute approximate surface area is 168 Å². The first kappa shape index (κ1) is 23.2. The van der Waals surface area contributed by atoms with Crippen molar-refractivity contribution in [1.29, 1.82) is 0 Å². The number of hydrogen-bond acceptors (Lipinski definition) is 3. The number of hydrogen-bond donors (Lipinski definition) is 3. The van der Waals surface area contributed by atoms with Gasteiger partial charge in [-0.2, -0.15) is 0 Å². The lowest BCUT2D eigenvalue weighted by Crippen LogP contribution is -2.45. The normalized spacial score (nSPS) is 13.0. The van der Waals surface area contributed by atoms with E-state index in [0.29, 0.717) is 25.6 Å². The van der Waals surface area contributed by atoms with Crippen molar-refractivity contribution in [2.45, 2.75) is 33.7 Å². The number of nitrogens with zero attached hydrogens (tertiary/aromatic N) is 2. The molecule has 1 rings (SSSR count). The molecule has 0 fully saturated rings. The van der Waals surface area contributed by atoms with Crippen molar-refractivity contribution in [2.75, 3.05) is 39.8 Å². The van der Waals surface area contributed by atoms with Gasteiger partial charge in [-0.25, -0.2) is 0 Å². The van der Waals surface area contributed by atoms with Gasteiger partial charge in [-0.1, -0.05) is 57.5 Å². The van der Waals surface area contributed by atoms with E-state index in [0.717, 1.165) is 23.7 Å². The second-order valence-corrected chi connectivity index (χ2v) is 6.99. The van der Waals surface area contributed by atoms with Crippen LogP contribution in [-0.4, -0.2) is 56.5 Å². The van der Waals surface area contributed by atoms with Crippen molar-refractivity contribution in [3.63, 3.8) is 0 Å². The molecular weight excluding hydrogens is 362 g/mol. The molecule has 6 nitrogen and oxygen atoms in total. The standard InChI is InChI=1S/C20H34ClN5O/c1-6-26(7-2)18(16-10-8-9-11-17(16)21)14-25-20(22-5)24-13-12-23-19(27)15(3)4/h8-11,15,18H,6-7,12-14H2,1-5H3,(H,23,27)(H2,22,24,25). The molecule has 1 aromatic carbocycles. The number of guanidine groups is 1. The summed E-state index contributed by atoms with van der Waals surface area (Å²) in [5.74, 6) is 0.756. The molecular formula is C20H34ClN5O. The molecule has 27 heavy (non-hydrogen) atoms. The third-order valence-electron chi connectivity index (χ3n) is 4.44. The number of amides is 1. The van der Waals surface area contributed by atoms with E-state index in [4.69, 9.17) is 11.6 Å². The van der Waals surface area contributed by atoms with E-state index in [1.807, 2.05) is 32.0 Å². The average Bonchev–Trinajstić information content (AvgIpc) is 2.66. The van der Waals surface area contributed by atoms with Crippen molar-refractivity contribution in [1.82, 2.24) is 20.9 Å². The Bertz CT molecular complexity index is 602. The van der Waals surface area contributed by atoms with Crippen LogP contribution in [0.2, 0.25) is 5.02 Å². The second-order valence-electron chi connectivity index (χ2n) is 6.58. The molecule has 7 heteroatoms. The van der Waals surface area contributed by atoms with Crippen molar-refractivity contribution in [2.24, 2.45) is 10.9 Å². The van der Waals surface area contributed by atoms with Crippen LogP contribution >= 0.6 is 11.6 Å². The molecule has 0 radical (unpaired) electrons. The SMILES string of the molecule is CCN(CC)C(CNC(=NC)NCCNC(=O)C(C)C)c1ccccc1Cl. The van der Waals surface area contributed by atoms with Gasteiger partial charge in [0, 0.05) is 37.6 Å². The first-order valence-electron chi connectivity index (χ1n) is 9.65. The summed E-state index contributed by atoms with van der Waals surface area (Å²) in [7, 11) is 1.74. The van der Waals surface area contributed by atoms with Crippen LogP contribution in [0.25, 0.3) is 0 Å². The molecule has 0 heterocycles. The fraction of sp³-hybridized carbons (Fsp3) is 0.600. The van der Waals surface area contributed by atoms with Crippen LogP contribution in [0, 0.1) is 5.92 Å². The minimum atomic E-state index is -0.00659. The highest BCUT2D eigenvalue weighted by atomic mass is 35.5. The number of halogens is 1. The molecule has 1 aromatic rings. The van der Waals surface area contributed by atoms with Crippen LogP contribution in [0.5, 0.6) is 0 Å². The highest BCUT2D eigenvalue weighted by molar-refractivity contribution is 6.31. The molecule has 1 amide bonds. The smallest absolute Gasteiger partial charge is 0.222 e. The van der Waals surface area contributed by atoms with Gasteiger partial charge in [0.2, 0.25) is 5.91 Å². The van der Waals surface area contributed by atoms with Crippen LogP contribution in [-0.2, 0) is 4.79 Å². The zero-order valence-corrected chi connectivity index (χ0v) is 17.9.